The van der Waals surface area contributed by atoms with Crippen LogP contribution in [0.1, 0.15) is 10.4 Å². The highest BCUT2D eigenvalue weighted by molar-refractivity contribution is 9.10. The van der Waals surface area contributed by atoms with Crippen LogP contribution in [0.15, 0.2) is 22.7 Å². The van der Waals surface area contributed by atoms with Gasteiger partial charge in [-0.1, -0.05) is 11.6 Å². The van der Waals surface area contributed by atoms with E-state index in [9.17, 15) is 4.79 Å². The fraction of sp³-hybridized carbons (Fsp3) is 0.417. The molecule has 1 atom stereocenters. The Bertz CT molecular complexity index is 456. The van der Waals surface area contributed by atoms with Gasteiger partial charge in [-0.25, -0.2) is 0 Å². The Morgan fingerprint density at radius 3 is 3.00 bits per heavy atom. The van der Waals surface area contributed by atoms with E-state index in [-0.39, 0.29) is 12.0 Å². The van der Waals surface area contributed by atoms with E-state index >= 15 is 0 Å². The van der Waals surface area contributed by atoms with Crippen LogP contribution < -0.4 is 0 Å². The zero-order chi connectivity index (χ0) is 13.1. The average Bonchev–Trinajstić information content (AvgIpc) is 2.41. The van der Waals surface area contributed by atoms with Crippen LogP contribution in [0.25, 0.3) is 0 Å². The van der Waals surface area contributed by atoms with Gasteiger partial charge in [0.2, 0.25) is 0 Å². The van der Waals surface area contributed by atoms with Gasteiger partial charge in [-0.3, -0.25) is 4.79 Å². The van der Waals surface area contributed by atoms with E-state index in [4.69, 9.17) is 27.9 Å². The number of benzene rings is 1. The molecule has 1 aromatic rings. The largest absolute Gasteiger partial charge is 0.373 e. The summed E-state index contributed by atoms with van der Waals surface area (Å²) in [5, 5.41) is 0.531. The Labute approximate surface area is 124 Å². The fourth-order valence-electron chi connectivity index (χ4n) is 1.81. The molecule has 1 amide bonds. The van der Waals surface area contributed by atoms with Gasteiger partial charge in [0.1, 0.15) is 0 Å². The van der Waals surface area contributed by atoms with E-state index in [0.717, 1.165) is 4.47 Å². The Kier molecular flexibility index (Phi) is 4.90. The third-order valence-electron chi connectivity index (χ3n) is 2.76. The summed E-state index contributed by atoms with van der Waals surface area (Å²) in [6.07, 6.45) is -0.0877. The van der Waals surface area contributed by atoms with Gasteiger partial charge in [0.15, 0.2) is 0 Å². The number of morpholine rings is 1. The number of rotatable bonds is 2. The van der Waals surface area contributed by atoms with Crippen molar-refractivity contribution in [3.8, 4) is 0 Å². The summed E-state index contributed by atoms with van der Waals surface area (Å²) in [4.78, 5) is 14.0. The number of alkyl halides is 1. The lowest BCUT2D eigenvalue weighted by Gasteiger charge is -2.32. The van der Waals surface area contributed by atoms with Gasteiger partial charge in [-0.2, -0.15) is 0 Å². The summed E-state index contributed by atoms with van der Waals surface area (Å²) in [5.41, 5.74) is 0.582. The minimum atomic E-state index is -0.0877. The van der Waals surface area contributed by atoms with Crippen molar-refractivity contribution in [1.29, 1.82) is 0 Å². The summed E-state index contributed by atoms with van der Waals surface area (Å²) in [5.74, 6) is 0.355. The zero-order valence-corrected chi connectivity index (χ0v) is 12.6. The molecule has 3 nitrogen and oxygen atoms in total. The second-order valence-corrected chi connectivity index (χ2v) is 5.60. The predicted octanol–water partition coefficient (Wildman–Crippen LogP) is 3.18. The van der Waals surface area contributed by atoms with E-state index in [1.54, 1.807) is 23.1 Å². The van der Waals surface area contributed by atoms with Crippen LogP contribution in [0.3, 0.4) is 0 Å². The van der Waals surface area contributed by atoms with Crippen molar-refractivity contribution >= 4 is 45.0 Å². The van der Waals surface area contributed by atoms with E-state index in [0.29, 0.717) is 36.2 Å². The first-order chi connectivity index (χ1) is 8.61. The molecule has 0 spiro atoms. The summed E-state index contributed by atoms with van der Waals surface area (Å²) in [7, 11) is 0. The molecule has 2 rings (SSSR count). The van der Waals surface area contributed by atoms with Gasteiger partial charge in [-0.15, -0.1) is 11.6 Å². The maximum absolute atomic E-state index is 12.3. The van der Waals surface area contributed by atoms with Crippen molar-refractivity contribution in [3.05, 3.63) is 33.3 Å². The monoisotopic (exact) mass is 351 g/mol. The summed E-state index contributed by atoms with van der Waals surface area (Å²) in [6.45, 7) is 1.63. The van der Waals surface area contributed by atoms with Crippen molar-refractivity contribution in [2.75, 3.05) is 25.6 Å². The third kappa shape index (κ3) is 3.18. The van der Waals surface area contributed by atoms with E-state index in [1.807, 2.05) is 0 Å². The first-order valence-electron chi connectivity index (χ1n) is 5.53. The molecule has 0 bridgehead atoms. The van der Waals surface area contributed by atoms with Gasteiger partial charge in [0, 0.05) is 23.1 Å². The fourth-order valence-corrected chi connectivity index (χ4v) is 2.42. The molecular formula is C12H12BrCl2NO2. The topological polar surface area (TPSA) is 29.5 Å². The van der Waals surface area contributed by atoms with Crippen LogP contribution in [0.5, 0.6) is 0 Å². The number of hydrogen-bond acceptors (Lipinski definition) is 2. The standard InChI is InChI=1S/C12H12BrCl2NO2/c13-10-2-1-8(5-11(10)15)12(17)16-3-4-18-9(6-14)7-16/h1-2,5,9H,3-4,6-7H2. The maximum atomic E-state index is 12.3. The lowest BCUT2D eigenvalue weighted by atomic mass is 10.2. The Balaban J connectivity index is 2.12. The number of hydrogen-bond donors (Lipinski definition) is 0. The van der Waals surface area contributed by atoms with Crippen LogP contribution >= 0.6 is 39.1 Å². The lowest BCUT2D eigenvalue weighted by molar-refractivity contribution is -0.0108. The van der Waals surface area contributed by atoms with Crippen molar-refractivity contribution in [3.63, 3.8) is 0 Å². The molecule has 0 N–H and O–H groups in total. The van der Waals surface area contributed by atoms with E-state index in [2.05, 4.69) is 15.9 Å². The minimum Gasteiger partial charge on any atom is -0.373 e. The SMILES string of the molecule is O=C(c1ccc(Br)c(Cl)c1)N1CCOC(CCl)C1. The van der Waals surface area contributed by atoms with Crippen LogP contribution in [-0.4, -0.2) is 42.5 Å². The molecule has 18 heavy (non-hydrogen) atoms. The molecule has 0 aliphatic carbocycles. The highest BCUT2D eigenvalue weighted by Crippen LogP contribution is 2.24. The highest BCUT2D eigenvalue weighted by atomic mass is 79.9. The van der Waals surface area contributed by atoms with Gasteiger partial charge >= 0.3 is 0 Å². The zero-order valence-electron chi connectivity index (χ0n) is 9.54. The average molecular weight is 353 g/mol. The van der Waals surface area contributed by atoms with Crippen molar-refractivity contribution in [2.45, 2.75) is 6.10 Å². The number of carbonyl (C=O) groups excluding carboxylic acids is 1. The molecule has 1 fully saturated rings. The van der Waals surface area contributed by atoms with Crippen molar-refractivity contribution in [2.24, 2.45) is 0 Å². The van der Waals surface area contributed by atoms with Crippen molar-refractivity contribution < 1.29 is 9.53 Å². The summed E-state index contributed by atoms with van der Waals surface area (Å²) < 4.78 is 6.21. The molecule has 1 aromatic carbocycles. The molecular weight excluding hydrogens is 341 g/mol. The van der Waals surface area contributed by atoms with Gasteiger partial charge in [0.05, 0.1) is 23.6 Å². The lowest BCUT2D eigenvalue weighted by Crippen LogP contribution is -2.46. The molecule has 0 radical (unpaired) electrons. The second-order valence-electron chi connectivity index (χ2n) is 4.03. The summed E-state index contributed by atoms with van der Waals surface area (Å²) >= 11 is 15.0. The molecule has 1 aliphatic rings. The first-order valence-corrected chi connectivity index (χ1v) is 7.24. The van der Waals surface area contributed by atoms with Crippen LogP contribution in [0.4, 0.5) is 0 Å². The van der Waals surface area contributed by atoms with Crippen molar-refractivity contribution in [1.82, 2.24) is 4.90 Å². The molecule has 0 aromatic heterocycles. The normalized spacial score (nSPS) is 19.9. The molecule has 1 aliphatic heterocycles. The van der Waals surface area contributed by atoms with Crippen LogP contribution in [0, 0.1) is 0 Å². The number of ether oxygens (including phenoxy) is 1. The van der Waals surface area contributed by atoms with E-state index < -0.39 is 0 Å². The van der Waals surface area contributed by atoms with Gasteiger partial charge in [0.25, 0.3) is 5.91 Å². The number of carbonyl (C=O) groups is 1. The maximum Gasteiger partial charge on any atom is 0.254 e. The third-order valence-corrected chi connectivity index (χ3v) is 4.34. The molecule has 0 saturated carbocycles. The smallest absolute Gasteiger partial charge is 0.254 e. The number of halogens is 3. The van der Waals surface area contributed by atoms with Crippen LogP contribution in [-0.2, 0) is 4.74 Å². The van der Waals surface area contributed by atoms with Crippen LogP contribution in [0.2, 0.25) is 5.02 Å². The predicted molar refractivity (Wildman–Crippen MR) is 75.5 cm³/mol. The Hall–Kier alpha value is -0.290. The molecule has 1 saturated heterocycles. The Morgan fingerprint density at radius 1 is 1.56 bits per heavy atom. The quantitative estimate of drug-likeness (QED) is 0.765. The van der Waals surface area contributed by atoms with Gasteiger partial charge < -0.3 is 9.64 Å². The molecule has 1 heterocycles. The number of amides is 1. The number of nitrogens with zero attached hydrogens (tertiary/aromatic N) is 1. The summed E-state index contributed by atoms with van der Waals surface area (Å²) in [6, 6.07) is 5.19. The van der Waals surface area contributed by atoms with E-state index in [1.165, 1.54) is 0 Å². The molecule has 98 valence electrons. The molecule has 1 unspecified atom stereocenters. The Morgan fingerprint density at radius 2 is 2.33 bits per heavy atom. The second kappa shape index (κ2) is 6.24. The first kappa shape index (κ1) is 14.1. The van der Waals surface area contributed by atoms with Gasteiger partial charge in [-0.05, 0) is 34.1 Å². The minimum absolute atomic E-state index is 0.0391. The highest BCUT2D eigenvalue weighted by Gasteiger charge is 2.24. The molecule has 6 heteroatoms.